The Balaban J connectivity index is 2.81. The minimum Gasteiger partial charge on any atom is -0.495 e. The largest absolute Gasteiger partial charge is 0.495 e. The number of halogens is 1. The normalized spacial score (nSPS) is 12.5. The van der Waals surface area contributed by atoms with Gasteiger partial charge in [0.15, 0.2) is 6.10 Å². The molecule has 1 aromatic carbocycles. The molecule has 1 N–H and O–H groups in total. The fourth-order valence-electron chi connectivity index (χ4n) is 1.57. The summed E-state index contributed by atoms with van der Waals surface area (Å²) >= 11 is 5.99. The zero-order valence-electron chi connectivity index (χ0n) is 10.6. The summed E-state index contributed by atoms with van der Waals surface area (Å²) in [6.45, 7) is 3.61. The van der Waals surface area contributed by atoms with Gasteiger partial charge in [0.05, 0.1) is 18.2 Å². The first-order valence-corrected chi connectivity index (χ1v) is 6.02. The Kier molecular flexibility index (Phi) is 5.44. The maximum atomic E-state index is 11.1. The molecule has 4 nitrogen and oxygen atoms in total. The standard InChI is InChI=1S/C13H17ClO4/c1-8(2)18-12(13(15)16)7-9-4-5-11(17-3)10(14)6-9/h4-6,8,12H,7H2,1-3H3,(H,15,16)/t12-/m0/s1. The summed E-state index contributed by atoms with van der Waals surface area (Å²) < 4.78 is 10.4. The van der Waals surface area contributed by atoms with Gasteiger partial charge in [-0.05, 0) is 31.5 Å². The van der Waals surface area contributed by atoms with Gasteiger partial charge in [-0.2, -0.15) is 0 Å². The molecule has 0 aromatic heterocycles. The molecule has 1 atom stereocenters. The summed E-state index contributed by atoms with van der Waals surface area (Å²) in [4.78, 5) is 11.1. The number of aliphatic carboxylic acids is 1. The van der Waals surface area contributed by atoms with Gasteiger partial charge >= 0.3 is 5.97 Å². The number of ether oxygens (including phenoxy) is 2. The van der Waals surface area contributed by atoms with Crippen molar-refractivity contribution in [3.05, 3.63) is 28.8 Å². The van der Waals surface area contributed by atoms with Crippen LogP contribution in [0.3, 0.4) is 0 Å². The predicted octanol–water partition coefficient (Wildman–Crippen LogP) is 2.77. The molecule has 0 heterocycles. The molecule has 0 bridgehead atoms. The fraction of sp³-hybridized carbons (Fsp3) is 0.462. The van der Waals surface area contributed by atoms with Gasteiger partial charge in [0.25, 0.3) is 0 Å². The first-order chi connectivity index (χ1) is 8.43. The van der Waals surface area contributed by atoms with Crippen molar-refractivity contribution in [3.8, 4) is 5.75 Å². The van der Waals surface area contributed by atoms with E-state index >= 15 is 0 Å². The van der Waals surface area contributed by atoms with Crippen molar-refractivity contribution in [1.29, 1.82) is 0 Å². The van der Waals surface area contributed by atoms with Gasteiger partial charge in [0.2, 0.25) is 0 Å². The van der Waals surface area contributed by atoms with E-state index in [0.29, 0.717) is 10.8 Å². The minimum atomic E-state index is -0.976. The van der Waals surface area contributed by atoms with Gasteiger partial charge in [-0.15, -0.1) is 0 Å². The van der Waals surface area contributed by atoms with Gasteiger partial charge in [-0.3, -0.25) is 0 Å². The zero-order valence-corrected chi connectivity index (χ0v) is 11.4. The van der Waals surface area contributed by atoms with Crippen molar-refractivity contribution in [2.45, 2.75) is 32.5 Å². The van der Waals surface area contributed by atoms with Crippen LogP contribution in [0.5, 0.6) is 5.75 Å². The number of hydrogen-bond acceptors (Lipinski definition) is 3. The molecule has 1 rings (SSSR count). The summed E-state index contributed by atoms with van der Waals surface area (Å²) in [6, 6.07) is 5.19. The Morgan fingerprint density at radius 2 is 2.11 bits per heavy atom. The van der Waals surface area contributed by atoms with E-state index in [9.17, 15) is 4.79 Å². The average molecular weight is 273 g/mol. The molecule has 0 saturated heterocycles. The second-order valence-electron chi connectivity index (χ2n) is 4.18. The Bertz CT molecular complexity index is 417. The first kappa shape index (κ1) is 14.8. The Labute approximate surface area is 111 Å². The van der Waals surface area contributed by atoms with E-state index in [1.807, 2.05) is 0 Å². The van der Waals surface area contributed by atoms with Crippen LogP contribution in [-0.4, -0.2) is 30.4 Å². The molecular formula is C13H17ClO4. The summed E-state index contributed by atoms with van der Waals surface area (Å²) in [7, 11) is 1.53. The molecule has 18 heavy (non-hydrogen) atoms. The lowest BCUT2D eigenvalue weighted by Crippen LogP contribution is -2.29. The van der Waals surface area contributed by atoms with Gasteiger partial charge in [0, 0.05) is 6.42 Å². The van der Waals surface area contributed by atoms with E-state index in [0.717, 1.165) is 5.56 Å². The van der Waals surface area contributed by atoms with Crippen molar-refractivity contribution in [2.75, 3.05) is 7.11 Å². The van der Waals surface area contributed by atoms with Crippen LogP contribution in [0, 0.1) is 0 Å². The van der Waals surface area contributed by atoms with Gasteiger partial charge < -0.3 is 14.6 Å². The topological polar surface area (TPSA) is 55.8 Å². The van der Waals surface area contributed by atoms with Crippen molar-refractivity contribution >= 4 is 17.6 Å². The Morgan fingerprint density at radius 1 is 1.44 bits per heavy atom. The average Bonchev–Trinajstić information content (AvgIpc) is 2.27. The minimum absolute atomic E-state index is 0.139. The number of benzene rings is 1. The molecule has 0 spiro atoms. The van der Waals surface area contributed by atoms with Crippen molar-refractivity contribution in [2.24, 2.45) is 0 Å². The second kappa shape index (κ2) is 6.61. The quantitative estimate of drug-likeness (QED) is 0.865. The maximum absolute atomic E-state index is 11.1. The number of carboxylic acids is 1. The van der Waals surface area contributed by atoms with E-state index in [1.54, 1.807) is 32.0 Å². The van der Waals surface area contributed by atoms with Crippen LogP contribution in [0.15, 0.2) is 18.2 Å². The molecule has 0 fully saturated rings. The van der Waals surface area contributed by atoms with Crippen LogP contribution in [-0.2, 0) is 16.0 Å². The molecule has 0 aliphatic heterocycles. The highest BCUT2D eigenvalue weighted by Gasteiger charge is 2.20. The third-order valence-electron chi connectivity index (χ3n) is 2.35. The number of hydrogen-bond donors (Lipinski definition) is 1. The van der Waals surface area contributed by atoms with Crippen LogP contribution in [0.25, 0.3) is 0 Å². The third kappa shape index (κ3) is 4.20. The molecular weight excluding hydrogens is 256 g/mol. The fourth-order valence-corrected chi connectivity index (χ4v) is 1.85. The molecule has 0 amide bonds. The predicted molar refractivity (Wildman–Crippen MR) is 69.4 cm³/mol. The van der Waals surface area contributed by atoms with Crippen molar-refractivity contribution in [1.82, 2.24) is 0 Å². The highest BCUT2D eigenvalue weighted by atomic mass is 35.5. The molecule has 5 heteroatoms. The SMILES string of the molecule is COc1ccc(C[C@H](OC(C)C)C(=O)O)cc1Cl. The monoisotopic (exact) mass is 272 g/mol. The van der Waals surface area contributed by atoms with Crippen molar-refractivity contribution < 1.29 is 19.4 Å². The van der Waals surface area contributed by atoms with Crippen LogP contribution in [0.2, 0.25) is 5.02 Å². The van der Waals surface area contributed by atoms with E-state index < -0.39 is 12.1 Å². The smallest absolute Gasteiger partial charge is 0.333 e. The third-order valence-corrected chi connectivity index (χ3v) is 2.64. The summed E-state index contributed by atoms with van der Waals surface area (Å²) in [5.41, 5.74) is 0.800. The zero-order chi connectivity index (χ0) is 13.7. The second-order valence-corrected chi connectivity index (χ2v) is 4.59. The lowest BCUT2D eigenvalue weighted by atomic mass is 10.1. The highest BCUT2D eigenvalue weighted by molar-refractivity contribution is 6.32. The van der Waals surface area contributed by atoms with E-state index in [-0.39, 0.29) is 12.5 Å². The summed E-state index contributed by atoms with van der Waals surface area (Å²) in [5, 5.41) is 9.53. The first-order valence-electron chi connectivity index (χ1n) is 5.64. The molecule has 1 aromatic rings. The molecule has 0 aliphatic rings. The van der Waals surface area contributed by atoms with Crippen LogP contribution in [0.4, 0.5) is 0 Å². The van der Waals surface area contributed by atoms with Crippen LogP contribution in [0.1, 0.15) is 19.4 Å². The highest BCUT2D eigenvalue weighted by Crippen LogP contribution is 2.25. The Morgan fingerprint density at radius 3 is 2.56 bits per heavy atom. The van der Waals surface area contributed by atoms with Gasteiger partial charge in [0.1, 0.15) is 5.75 Å². The summed E-state index contributed by atoms with van der Waals surface area (Å²) in [5.74, 6) is -0.410. The van der Waals surface area contributed by atoms with E-state index in [1.165, 1.54) is 7.11 Å². The number of carboxylic acid groups (broad SMARTS) is 1. The van der Waals surface area contributed by atoms with E-state index in [2.05, 4.69) is 0 Å². The van der Waals surface area contributed by atoms with Gasteiger partial charge in [-0.25, -0.2) is 4.79 Å². The number of rotatable bonds is 6. The maximum Gasteiger partial charge on any atom is 0.333 e. The van der Waals surface area contributed by atoms with Gasteiger partial charge in [-0.1, -0.05) is 17.7 Å². The van der Waals surface area contributed by atoms with E-state index in [4.69, 9.17) is 26.2 Å². The number of methoxy groups -OCH3 is 1. The van der Waals surface area contributed by atoms with Crippen molar-refractivity contribution in [3.63, 3.8) is 0 Å². The summed E-state index contributed by atoms with van der Waals surface area (Å²) in [6.07, 6.45) is -0.730. The number of carbonyl (C=O) groups is 1. The van der Waals surface area contributed by atoms with Crippen LogP contribution >= 0.6 is 11.6 Å². The molecule has 100 valence electrons. The molecule has 0 radical (unpaired) electrons. The molecule has 0 saturated carbocycles. The Hall–Kier alpha value is -1.26. The lowest BCUT2D eigenvalue weighted by molar-refractivity contribution is -0.153. The molecule has 0 unspecified atom stereocenters. The lowest BCUT2D eigenvalue weighted by Gasteiger charge is -2.16. The van der Waals surface area contributed by atoms with Crippen LogP contribution < -0.4 is 4.74 Å². The molecule has 0 aliphatic carbocycles.